The highest BCUT2D eigenvalue weighted by molar-refractivity contribution is 7.13. The number of aromatic nitrogens is 1. The quantitative estimate of drug-likeness (QED) is 0.936. The van der Waals surface area contributed by atoms with Crippen molar-refractivity contribution in [1.82, 2.24) is 10.3 Å². The molecular weight excluding hydrogens is 268 g/mol. The molecule has 0 saturated carbocycles. The van der Waals surface area contributed by atoms with E-state index in [1.807, 2.05) is 31.2 Å². The molecule has 1 heterocycles. The van der Waals surface area contributed by atoms with E-state index in [4.69, 9.17) is 0 Å². The summed E-state index contributed by atoms with van der Waals surface area (Å²) >= 11 is 1.46. The highest BCUT2D eigenvalue weighted by Crippen LogP contribution is 2.26. The van der Waals surface area contributed by atoms with E-state index in [0.717, 1.165) is 10.6 Å². The number of amides is 1. The predicted molar refractivity (Wildman–Crippen MR) is 83.2 cm³/mol. The van der Waals surface area contributed by atoms with Crippen molar-refractivity contribution in [2.75, 3.05) is 0 Å². The van der Waals surface area contributed by atoms with Crippen LogP contribution in [0, 0.1) is 6.92 Å². The zero-order chi connectivity index (χ0) is 14.8. The molecule has 4 heteroatoms. The van der Waals surface area contributed by atoms with Crippen LogP contribution in [0.25, 0.3) is 0 Å². The number of aryl methyl sites for hydroxylation is 1. The minimum Gasteiger partial charge on any atom is -0.347 e. The lowest BCUT2D eigenvalue weighted by atomic mass is 9.98. The standard InChI is InChI=1S/C16H20N2OS/c1-11-7-5-6-8-12(11)9-17-14(19)13-10-18-15(20-13)16(2,3)4/h5-8,10H,9H2,1-4H3,(H,17,19). The van der Waals surface area contributed by atoms with Crippen LogP contribution in [0.15, 0.2) is 30.5 Å². The molecule has 0 radical (unpaired) electrons. The molecule has 106 valence electrons. The third-order valence-corrected chi connectivity index (χ3v) is 4.49. The van der Waals surface area contributed by atoms with Crippen LogP contribution in [-0.2, 0) is 12.0 Å². The minimum absolute atomic E-state index is 0.0147. The lowest BCUT2D eigenvalue weighted by Gasteiger charge is -2.13. The molecule has 0 unspecified atom stereocenters. The molecule has 3 nitrogen and oxygen atoms in total. The Hall–Kier alpha value is -1.68. The van der Waals surface area contributed by atoms with Gasteiger partial charge in [-0.15, -0.1) is 11.3 Å². The lowest BCUT2D eigenvalue weighted by Crippen LogP contribution is -2.22. The molecule has 0 fully saturated rings. The number of carbonyl (C=O) groups is 1. The van der Waals surface area contributed by atoms with Gasteiger partial charge in [-0.3, -0.25) is 4.79 Å². The van der Waals surface area contributed by atoms with Gasteiger partial charge < -0.3 is 5.32 Å². The molecule has 20 heavy (non-hydrogen) atoms. The summed E-state index contributed by atoms with van der Waals surface area (Å²) in [7, 11) is 0. The molecule has 1 amide bonds. The molecular formula is C16H20N2OS. The van der Waals surface area contributed by atoms with Gasteiger partial charge in [0.05, 0.1) is 11.2 Å². The molecule has 2 rings (SSSR count). The summed E-state index contributed by atoms with van der Waals surface area (Å²) in [4.78, 5) is 17.1. The van der Waals surface area contributed by atoms with Gasteiger partial charge in [0.15, 0.2) is 0 Å². The van der Waals surface area contributed by atoms with E-state index in [2.05, 4.69) is 31.1 Å². The zero-order valence-electron chi connectivity index (χ0n) is 12.4. The molecule has 1 aromatic heterocycles. The van der Waals surface area contributed by atoms with Gasteiger partial charge in [-0.1, -0.05) is 45.0 Å². The van der Waals surface area contributed by atoms with Crippen LogP contribution in [0.4, 0.5) is 0 Å². The first-order valence-electron chi connectivity index (χ1n) is 6.67. The number of carbonyl (C=O) groups excluding carboxylic acids is 1. The van der Waals surface area contributed by atoms with Crippen LogP contribution in [0.2, 0.25) is 0 Å². The summed E-state index contributed by atoms with van der Waals surface area (Å²) < 4.78 is 0. The van der Waals surface area contributed by atoms with Crippen molar-refractivity contribution in [1.29, 1.82) is 0 Å². The number of hydrogen-bond donors (Lipinski definition) is 1. The molecule has 0 spiro atoms. The Morgan fingerprint density at radius 1 is 1.30 bits per heavy atom. The van der Waals surface area contributed by atoms with Crippen molar-refractivity contribution >= 4 is 17.2 Å². The Morgan fingerprint density at radius 2 is 2.00 bits per heavy atom. The number of nitrogens with zero attached hydrogens (tertiary/aromatic N) is 1. The third-order valence-electron chi connectivity index (χ3n) is 3.07. The number of nitrogens with one attached hydrogen (secondary N) is 1. The van der Waals surface area contributed by atoms with Crippen molar-refractivity contribution in [3.63, 3.8) is 0 Å². The topological polar surface area (TPSA) is 42.0 Å². The maximum atomic E-state index is 12.1. The Labute approximate surface area is 124 Å². The predicted octanol–water partition coefficient (Wildman–Crippen LogP) is 3.68. The van der Waals surface area contributed by atoms with E-state index in [9.17, 15) is 4.79 Å². The number of thiazole rings is 1. The van der Waals surface area contributed by atoms with E-state index in [1.165, 1.54) is 16.9 Å². The maximum Gasteiger partial charge on any atom is 0.263 e. The van der Waals surface area contributed by atoms with Gasteiger partial charge in [0.25, 0.3) is 5.91 Å². The fourth-order valence-electron chi connectivity index (χ4n) is 1.80. The van der Waals surface area contributed by atoms with Crippen molar-refractivity contribution in [2.45, 2.75) is 39.7 Å². The average molecular weight is 288 g/mol. The van der Waals surface area contributed by atoms with Gasteiger partial charge in [-0.25, -0.2) is 4.98 Å². The van der Waals surface area contributed by atoms with E-state index >= 15 is 0 Å². The van der Waals surface area contributed by atoms with Crippen LogP contribution in [0.5, 0.6) is 0 Å². The Kier molecular flexibility index (Phi) is 4.23. The minimum atomic E-state index is -0.0544. The highest BCUT2D eigenvalue weighted by Gasteiger charge is 2.20. The van der Waals surface area contributed by atoms with Crippen molar-refractivity contribution in [2.24, 2.45) is 0 Å². The van der Waals surface area contributed by atoms with Gasteiger partial charge in [0.1, 0.15) is 4.88 Å². The molecule has 0 bridgehead atoms. The lowest BCUT2D eigenvalue weighted by molar-refractivity contribution is 0.0954. The molecule has 0 aliphatic heterocycles. The zero-order valence-corrected chi connectivity index (χ0v) is 13.2. The molecule has 1 aromatic carbocycles. The first-order chi connectivity index (χ1) is 9.38. The summed E-state index contributed by atoms with van der Waals surface area (Å²) in [6.07, 6.45) is 1.67. The smallest absolute Gasteiger partial charge is 0.263 e. The number of hydrogen-bond acceptors (Lipinski definition) is 3. The van der Waals surface area contributed by atoms with Crippen LogP contribution in [0.1, 0.15) is 46.6 Å². The van der Waals surface area contributed by atoms with E-state index in [0.29, 0.717) is 11.4 Å². The monoisotopic (exact) mass is 288 g/mol. The van der Waals surface area contributed by atoms with Gasteiger partial charge in [-0.2, -0.15) is 0 Å². The van der Waals surface area contributed by atoms with Gasteiger partial charge in [0.2, 0.25) is 0 Å². The first kappa shape index (κ1) is 14.7. The summed E-state index contributed by atoms with van der Waals surface area (Å²) in [5.74, 6) is -0.0544. The van der Waals surface area contributed by atoms with Gasteiger partial charge in [-0.05, 0) is 18.1 Å². The normalized spacial score (nSPS) is 11.4. The third kappa shape index (κ3) is 3.45. The van der Waals surface area contributed by atoms with Crippen molar-refractivity contribution in [3.05, 3.63) is 51.5 Å². The van der Waals surface area contributed by atoms with E-state index in [-0.39, 0.29) is 11.3 Å². The fraction of sp³-hybridized carbons (Fsp3) is 0.375. The molecule has 0 saturated heterocycles. The summed E-state index contributed by atoms with van der Waals surface area (Å²) in [5, 5.41) is 3.94. The molecule has 0 aliphatic rings. The van der Waals surface area contributed by atoms with Crippen LogP contribution in [0.3, 0.4) is 0 Å². The first-order valence-corrected chi connectivity index (χ1v) is 7.48. The van der Waals surface area contributed by atoms with Crippen molar-refractivity contribution < 1.29 is 4.79 Å². The highest BCUT2D eigenvalue weighted by atomic mass is 32.1. The Bertz CT molecular complexity index is 611. The van der Waals surface area contributed by atoms with E-state index < -0.39 is 0 Å². The second-order valence-corrected chi connectivity index (χ2v) is 6.92. The van der Waals surface area contributed by atoms with Gasteiger partial charge >= 0.3 is 0 Å². The molecule has 1 N–H and O–H groups in total. The molecule has 2 aromatic rings. The number of rotatable bonds is 3. The summed E-state index contributed by atoms with van der Waals surface area (Å²) in [6, 6.07) is 8.06. The van der Waals surface area contributed by atoms with Crippen molar-refractivity contribution in [3.8, 4) is 0 Å². The average Bonchev–Trinajstić information content (AvgIpc) is 2.87. The fourth-order valence-corrected chi connectivity index (χ4v) is 2.69. The van der Waals surface area contributed by atoms with E-state index in [1.54, 1.807) is 6.20 Å². The van der Waals surface area contributed by atoms with Crippen LogP contribution >= 0.6 is 11.3 Å². The van der Waals surface area contributed by atoms with Crippen LogP contribution < -0.4 is 5.32 Å². The number of benzene rings is 1. The molecule has 0 atom stereocenters. The SMILES string of the molecule is Cc1ccccc1CNC(=O)c1cnc(C(C)(C)C)s1. The second kappa shape index (κ2) is 5.75. The Morgan fingerprint density at radius 3 is 2.60 bits per heavy atom. The van der Waals surface area contributed by atoms with Gasteiger partial charge in [0, 0.05) is 12.0 Å². The maximum absolute atomic E-state index is 12.1. The second-order valence-electron chi connectivity index (χ2n) is 5.89. The Balaban J connectivity index is 2.02. The molecule has 0 aliphatic carbocycles. The van der Waals surface area contributed by atoms with Crippen LogP contribution in [-0.4, -0.2) is 10.9 Å². The largest absolute Gasteiger partial charge is 0.347 e. The summed E-state index contributed by atoms with van der Waals surface area (Å²) in [6.45, 7) is 8.89. The summed E-state index contributed by atoms with van der Waals surface area (Å²) in [5.41, 5.74) is 2.31.